The summed E-state index contributed by atoms with van der Waals surface area (Å²) in [6.07, 6.45) is 9.94. The molecule has 2 N–H and O–H groups in total. The Bertz CT molecular complexity index is 546. The topological polar surface area (TPSA) is 56.7 Å². The van der Waals surface area contributed by atoms with Crippen LogP contribution in [0.25, 0.3) is 11.0 Å². The number of hydrogen-bond acceptors (Lipinski definition) is 3. The Morgan fingerprint density at radius 1 is 1.28 bits per heavy atom. The summed E-state index contributed by atoms with van der Waals surface area (Å²) in [6, 6.07) is 2.52. The van der Waals surface area contributed by atoms with Crippen molar-refractivity contribution in [3.8, 4) is 0 Å². The van der Waals surface area contributed by atoms with Gasteiger partial charge in [0.2, 0.25) is 5.95 Å². The van der Waals surface area contributed by atoms with Crippen molar-refractivity contribution in [3.63, 3.8) is 0 Å². The van der Waals surface area contributed by atoms with Crippen LogP contribution in [-0.2, 0) is 0 Å². The highest BCUT2D eigenvalue weighted by Crippen LogP contribution is 2.34. The van der Waals surface area contributed by atoms with Crippen LogP contribution in [0.5, 0.6) is 0 Å². The fraction of sp³-hybridized carbons (Fsp3) is 0.571. The van der Waals surface area contributed by atoms with Crippen LogP contribution in [0.15, 0.2) is 18.5 Å². The number of aromatic nitrogens is 3. The van der Waals surface area contributed by atoms with Gasteiger partial charge in [-0.2, -0.15) is 0 Å². The van der Waals surface area contributed by atoms with E-state index in [9.17, 15) is 0 Å². The van der Waals surface area contributed by atoms with Gasteiger partial charge in [0.1, 0.15) is 5.52 Å². The van der Waals surface area contributed by atoms with Crippen LogP contribution in [0.4, 0.5) is 5.95 Å². The molecule has 0 aliphatic heterocycles. The molecular formula is C14H20N4. The van der Waals surface area contributed by atoms with Crippen molar-refractivity contribution in [2.24, 2.45) is 5.92 Å². The molecule has 0 bridgehead atoms. The Morgan fingerprint density at radius 3 is 3.06 bits per heavy atom. The highest BCUT2D eigenvalue weighted by molar-refractivity contribution is 5.77. The first-order chi connectivity index (χ1) is 8.75. The molecule has 96 valence electrons. The molecule has 4 heteroatoms. The molecule has 2 aromatic rings. The molecule has 1 fully saturated rings. The van der Waals surface area contributed by atoms with Crippen molar-refractivity contribution < 1.29 is 0 Å². The van der Waals surface area contributed by atoms with E-state index in [1.807, 2.05) is 12.3 Å². The van der Waals surface area contributed by atoms with Gasteiger partial charge in [0.15, 0.2) is 0 Å². The molecule has 0 amide bonds. The van der Waals surface area contributed by atoms with Crippen LogP contribution in [0.2, 0.25) is 0 Å². The summed E-state index contributed by atoms with van der Waals surface area (Å²) in [5.41, 5.74) is 8.13. The number of nitrogens with zero attached hydrogens (tertiary/aromatic N) is 3. The molecule has 2 aromatic heterocycles. The predicted octanol–water partition coefficient (Wildman–Crippen LogP) is 3.15. The lowest BCUT2D eigenvalue weighted by molar-refractivity contribution is 0.445. The van der Waals surface area contributed by atoms with E-state index in [0.717, 1.165) is 17.0 Å². The number of imidazole rings is 1. The van der Waals surface area contributed by atoms with Crippen LogP contribution in [0.1, 0.15) is 45.1 Å². The molecule has 0 saturated heterocycles. The zero-order valence-corrected chi connectivity index (χ0v) is 10.8. The molecule has 2 atom stereocenters. The van der Waals surface area contributed by atoms with Crippen molar-refractivity contribution in [2.45, 2.75) is 45.1 Å². The third-order valence-corrected chi connectivity index (χ3v) is 4.11. The van der Waals surface area contributed by atoms with E-state index in [1.165, 1.54) is 32.1 Å². The standard InChI is InChI=1S/C14H20N4/c1-10-3-2-4-11(6-5-10)18-13-7-8-16-9-12(13)17-14(18)15/h7-11H,2-6H2,1H3,(H2,15,17). The summed E-state index contributed by atoms with van der Waals surface area (Å²) in [5.74, 6) is 1.48. The average molecular weight is 244 g/mol. The van der Waals surface area contributed by atoms with Gasteiger partial charge in [0.25, 0.3) is 0 Å². The van der Waals surface area contributed by atoms with E-state index in [0.29, 0.717) is 12.0 Å². The molecule has 1 aliphatic rings. The quantitative estimate of drug-likeness (QED) is 0.784. The summed E-state index contributed by atoms with van der Waals surface area (Å²) in [4.78, 5) is 8.53. The molecule has 0 spiro atoms. The first-order valence-corrected chi connectivity index (χ1v) is 6.83. The Hall–Kier alpha value is -1.58. The minimum atomic E-state index is 0.502. The number of anilines is 1. The van der Waals surface area contributed by atoms with Gasteiger partial charge < -0.3 is 10.3 Å². The number of nitrogen functional groups attached to an aromatic ring is 1. The molecular weight excluding hydrogens is 224 g/mol. The maximum Gasteiger partial charge on any atom is 0.201 e. The first kappa shape index (κ1) is 11.5. The van der Waals surface area contributed by atoms with E-state index < -0.39 is 0 Å². The van der Waals surface area contributed by atoms with Gasteiger partial charge in [-0.3, -0.25) is 4.98 Å². The minimum absolute atomic E-state index is 0.502. The zero-order chi connectivity index (χ0) is 12.5. The third-order valence-electron chi connectivity index (χ3n) is 4.11. The fourth-order valence-corrected chi connectivity index (χ4v) is 3.08. The van der Waals surface area contributed by atoms with Crippen molar-refractivity contribution in [2.75, 3.05) is 5.73 Å². The van der Waals surface area contributed by atoms with Gasteiger partial charge in [-0.25, -0.2) is 4.98 Å². The Labute approximate surface area is 107 Å². The number of hydrogen-bond donors (Lipinski definition) is 1. The lowest BCUT2D eigenvalue weighted by atomic mass is 10.0. The summed E-state index contributed by atoms with van der Waals surface area (Å²) in [5, 5.41) is 0. The SMILES string of the molecule is CC1CCCC(n2c(N)nc3cnccc32)CC1. The summed E-state index contributed by atoms with van der Waals surface area (Å²) < 4.78 is 2.22. The first-order valence-electron chi connectivity index (χ1n) is 6.83. The molecule has 4 nitrogen and oxygen atoms in total. The van der Waals surface area contributed by atoms with Crippen LogP contribution in [0, 0.1) is 5.92 Å². The highest BCUT2D eigenvalue weighted by Gasteiger charge is 2.21. The van der Waals surface area contributed by atoms with Crippen molar-refractivity contribution >= 4 is 17.0 Å². The molecule has 0 aromatic carbocycles. The Balaban J connectivity index is 2.00. The predicted molar refractivity (Wildman–Crippen MR) is 73.2 cm³/mol. The van der Waals surface area contributed by atoms with E-state index in [2.05, 4.69) is 21.5 Å². The van der Waals surface area contributed by atoms with E-state index in [1.54, 1.807) is 6.20 Å². The summed E-state index contributed by atoms with van der Waals surface area (Å²) in [6.45, 7) is 2.35. The van der Waals surface area contributed by atoms with Crippen LogP contribution < -0.4 is 5.73 Å². The van der Waals surface area contributed by atoms with Gasteiger partial charge in [-0.1, -0.05) is 19.8 Å². The van der Waals surface area contributed by atoms with E-state index in [-0.39, 0.29) is 0 Å². The maximum atomic E-state index is 6.09. The molecule has 2 unspecified atom stereocenters. The third kappa shape index (κ3) is 1.96. The summed E-state index contributed by atoms with van der Waals surface area (Å²) in [7, 11) is 0. The maximum absolute atomic E-state index is 6.09. The molecule has 2 heterocycles. The minimum Gasteiger partial charge on any atom is -0.369 e. The van der Waals surface area contributed by atoms with Gasteiger partial charge in [0, 0.05) is 12.2 Å². The van der Waals surface area contributed by atoms with E-state index in [4.69, 9.17) is 5.73 Å². The summed E-state index contributed by atoms with van der Waals surface area (Å²) >= 11 is 0. The smallest absolute Gasteiger partial charge is 0.201 e. The monoisotopic (exact) mass is 244 g/mol. The van der Waals surface area contributed by atoms with Gasteiger partial charge in [-0.05, 0) is 31.2 Å². The molecule has 1 aliphatic carbocycles. The largest absolute Gasteiger partial charge is 0.369 e. The molecule has 3 rings (SSSR count). The van der Waals surface area contributed by atoms with Gasteiger partial charge in [0.05, 0.1) is 11.7 Å². The zero-order valence-electron chi connectivity index (χ0n) is 10.8. The lowest BCUT2D eigenvalue weighted by Gasteiger charge is -2.18. The Kier molecular flexibility index (Phi) is 2.94. The highest BCUT2D eigenvalue weighted by atomic mass is 15.2. The van der Waals surface area contributed by atoms with Crippen molar-refractivity contribution in [1.29, 1.82) is 0 Å². The molecule has 1 saturated carbocycles. The fourth-order valence-electron chi connectivity index (χ4n) is 3.08. The van der Waals surface area contributed by atoms with Crippen LogP contribution in [0.3, 0.4) is 0 Å². The number of pyridine rings is 1. The normalized spacial score (nSPS) is 25.2. The van der Waals surface area contributed by atoms with Gasteiger partial charge in [-0.15, -0.1) is 0 Å². The molecule has 18 heavy (non-hydrogen) atoms. The second kappa shape index (κ2) is 4.59. The van der Waals surface area contributed by atoms with Gasteiger partial charge >= 0.3 is 0 Å². The van der Waals surface area contributed by atoms with Crippen LogP contribution >= 0.6 is 0 Å². The van der Waals surface area contributed by atoms with Crippen molar-refractivity contribution in [3.05, 3.63) is 18.5 Å². The van der Waals surface area contributed by atoms with E-state index >= 15 is 0 Å². The second-order valence-corrected chi connectivity index (χ2v) is 5.47. The number of nitrogens with two attached hydrogens (primary N) is 1. The number of fused-ring (bicyclic) bond motifs is 1. The van der Waals surface area contributed by atoms with Crippen LogP contribution in [-0.4, -0.2) is 14.5 Å². The van der Waals surface area contributed by atoms with Crippen molar-refractivity contribution in [1.82, 2.24) is 14.5 Å². The lowest BCUT2D eigenvalue weighted by Crippen LogP contribution is -2.11. The Morgan fingerprint density at radius 2 is 2.17 bits per heavy atom. The number of rotatable bonds is 1. The average Bonchev–Trinajstić information content (AvgIpc) is 2.54. The molecule has 0 radical (unpaired) electrons. The second-order valence-electron chi connectivity index (χ2n) is 5.47.